The highest BCUT2D eigenvalue weighted by Gasteiger charge is 2.34. The maximum absolute atomic E-state index is 12.8. The summed E-state index contributed by atoms with van der Waals surface area (Å²) in [6.07, 6.45) is 5.79. The van der Waals surface area contributed by atoms with E-state index < -0.39 is 0 Å². The zero-order valence-corrected chi connectivity index (χ0v) is 16.3. The first-order chi connectivity index (χ1) is 12.6. The minimum atomic E-state index is 0.0848. The number of rotatable bonds is 6. The summed E-state index contributed by atoms with van der Waals surface area (Å²) in [5, 5.41) is 3.18. The lowest BCUT2D eigenvalue weighted by molar-refractivity contribution is 0.0728. The summed E-state index contributed by atoms with van der Waals surface area (Å²) in [5.74, 6) is 0.939. The molecular weight excluding hydrogens is 389 g/mol. The van der Waals surface area contributed by atoms with Crippen LogP contribution in [0.1, 0.15) is 33.9 Å². The lowest BCUT2D eigenvalue weighted by atomic mass is 10.2. The summed E-state index contributed by atoms with van der Waals surface area (Å²) >= 11 is 13.8. The Morgan fingerprint density at radius 3 is 2.85 bits per heavy atom. The molecule has 1 aromatic carbocycles. The monoisotopic (exact) mass is 405 g/mol. The normalized spacial score (nSPS) is 13.8. The van der Waals surface area contributed by atoms with E-state index in [9.17, 15) is 4.79 Å². The number of carbonyl (C=O) groups excluding carboxylic acids is 1. The average molecular weight is 406 g/mol. The van der Waals surface area contributed by atoms with Gasteiger partial charge in [0, 0.05) is 28.5 Å². The molecule has 0 saturated heterocycles. The second kappa shape index (κ2) is 7.43. The largest absolute Gasteiger partial charge is 0.329 e. The standard InChI is InChI=1S/C19H17Cl2N3OS/c20-14-4-3-13(16(21)10-14)11-23-8-7-22-18(23)12-24(15-5-6-15)19(25)17-2-1-9-26-17/h1-4,7-10,15H,5-6,11-12H2. The molecule has 0 atom stereocenters. The topological polar surface area (TPSA) is 38.1 Å². The molecule has 3 aromatic rings. The van der Waals surface area contributed by atoms with Gasteiger partial charge in [0.25, 0.3) is 5.91 Å². The molecule has 134 valence electrons. The summed E-state index contributed by atoms with van der Waals surface area (Å²) < 4.78 is 2.03. The summed E-state index contributed by atoms with van der Waals surface area (Å²) in [6.45, 7) is 1.09. The van der Waals surface area contributed by atoms with Crippen LogP contribution in [-0.2, 0) is 13.1 Å². The first kappa shape index (κ1) is 17.6. The summed E-state index contributed by atoms with van der Waals surface area (Å²) in [6, 6.07) is 9.59. The van der Waals surface area contributed by atoms with Gasteiger partial charge in [0.05, 0.1) is 18.0 Å². The molecular formula is C19H17Cl2N3OS. The number of hydrogen-bond acceptors (Lipinski definition) is 3. The van der Waals surface area contributed by atoms with Gasteiger partial charge >= 0.3 is 0 Å². The Bertz CT molecular complexity index is 919. The van der Waals surface area contributed by atoms with Crippen LogP contribution in [0.4, 0.5) is 0 Å². The Labute approximate surface area is 166 Å². The number of thiophene rings is 1. The van der Waals surface area contributed by atoms with Crippen molar-refractivity contribution in [1.82, 2.24) is 14.5 Å². The van der Waals surface area contributed by atoms with Gasteiger partial charge in [-0.25, -0.2) is 4.98 Å². The van der Waals surface area contributed by atoms with Crippen LogP contribution >= 0.6 is 34.5 Å². The highest BCUT2D eigenvalue weighted by atomic mass is 35.5. The molecule has 0 aliphatic heterocycles. The molecule has 0 N–H and O–H groups in total. The molecule has 7 heteroatoms. The fourth-order valence-electron chi connectivity index (χ4n) is 2.92. The highest BCUT2D eigenvalue weighted by molar-refractivity contribution is 7.12. The lowest BCUT2D eigenvalue weighted by Gasteiger charge is -2.22. The second-order valence-electron chi connectivity index (χ2n) is 6.35. The van der Waals surface area contributed by atoms with Gasteiger partial charge in [-0.2, -0.15) is 0 Å². The fraction of sp³-hybridized carbons (Fsp3) is 0.263. The molecule has 4 rings (SSSR count). The molecule has 1 fully saturated rings. The quantitative estimate of drug-likeness (QED) is 0.571. The highest BCUT2D eigenvalue weighted by Crippen LogP contribution is 2.30. The van der Waals surface area contributed by atoms with E-state index in [1.54, 1.807) is 12.3 Å². The summed E-state index contributed by atoms with van der Waals surface area (Å²) in [4.78, 5) is 20.0. The number of nitrogens with zero attached hydrogens (tertiary/aromatic N) is 3. The van der Waals surface area contributed by atoms with Crippen molar-refractivity contribution in [3.05, 3.63) is 74.4 Å². The minimum absolute atomic E-state index is 0.0848. The number of carbonyl (C=O) groups is 1. The predicted molar refractivity (Wildman–Crippen MR) is 105 cm³/mol. The Kier molecular flexibility index (Phi) is 5.02. The third-order valence-electron chi connectivity index (χ3n) is 4.45. The number of imidazole rings is 1. The van der Waals surface area contributed by atoms with Gasteiger partial charge in [0.2, 0.25) is 0 Å². The molecule has 2 aromatic heterocycles. The molecule has 0 unspecified atom stereocenters. The van der Waals surface area contributed by atoms with Crippen molar-refractivity contribution in [1.29, 1.82) is 0 Å². The Balaban J connectivity index is 1.55. The van der Waals surface area contributed by atoms with E-state index in [-0.39, 0.29) is 5.91 Å². The van der Waals surface area contributed by atoms with Gasteiger partial charge in [0.1, 0.15) is 5.82 Å². The number of aromatic nitrogens is 2. The third kappa shape index (κ3) is 3.80. The SMILES string of the molecule is O=C(c1cccs1)N(Cc1nccn1Cc1ccc(Cl)cc1Cl)C1CC1. The third-order valence-corrected chi connectivity index (χ3v) is 5.89. The first-order valence-corrected chi connectivity index (χ1v) is 10.0. The molecule has 1 amide bonds. The van der Waals surface area contributed by atoms with Crippen molar-refractivity contribution in [2.24, 2.45) is 0 Å². The van der Waals surface area contributed by atoms with Crippen molar-refractivity contribution in [2.75, 3.05) is 0 Å². The van der Waals surface area contributed by atoms with E-state index >= 15 is 0 Å². The van der Waals surface area contributed by atoms with Crippen LogP contribution in [0.15, 0.2) is 48.1 Å². The van der Waals surface area contributed by atoms with Crippen LogP contribution in [0.2, 0.25) is 10.0 Å². The van der Waals surface area contributed by atoms with Crippen molar-refractivity contribution in [2.45, 2.75) is 32.0 Å². The van der Waals surface area contributed by atoms with E-state index in [0.29, 0.717) is 29.2 Å². The van der Waals surface area contributed by atoms with Gasteiger partial charge in [0.15, 0.2) is 0 Å². The van der Waals surface area contributed by atoms with Crippen LogP contribution in [0.25, 0.3) is 0 Å². The predicted octanol–water partition coefficient (Wildman–Crippen LogP) is 5.10. The molecule has 4 nitrogen and oxygen atoms in total. The van der Waals surface area contributed by atoms with E-state index in [1.807, 2.05) is 45.3 Å². The molecule has 1 aliphatic rings. The van der Waals surface area contributed by atoms with Crippen LogP contribution in [0, 0.1) is 0 Å². The first-order valence-electron chi connectivity index (χ1n) is 8.40. The number of halogens is 2. The van der Waals surface area contributed by atoms with Gasteiger partial charge in [-0.15, -0.1) is 11.3 Å². The maximum atomic E-state index is 12.8. The second-order valence-corrected chi connectivity index (χ2v) is 8.14. The smallest absolute Gasteiger partial charge is 0.264 e. The van der Waals surface area contributed by atoms with Crippen LogP contribution in [0.3, 0.4) is 0 Å². The number of benzene rings is 1. The minimum Gasteiger partial charge on any atom is -0.329 e. The van der Waals surface area contributed by atoms with Crippen molar-refractivity contribution >= 4 is 40.4 Å². The van der Waals surface area contributed by atoms with Gasteiger partial charge < -0.3 is 9.47 Å². The average Bonchev–Trinajstić information content (AvgIpc) is 3.14. The van der Waals surface area contributed by atoms with Crippen LogP contribution in [-0.4, -0.2) is 26.4 Å². The number of hydrogen-bond donors (Lipinski definition) is 0. The van der Waals surface area contributed by atoms with Crippen molar-refractivity contribution < 1.29 is 4.79 Å². The molecule has 0 bridgehead atoms. The van der Waals surface area contributed by atoms with Gasteiger partial charge in [-0.05, 0) is 42.0 Å². The van der Waals surface area contributed by atoms with Crippen LogP contribution in [0.5, 0.6) is 0 Å². The molecule has 1 aliphatic carbocycles. The van der Waals surface area contributed by atoms with E-state index in [1.165, 1.54) is 11.3 Å². The zero-order valence-electron chi connectivity index (χ0n) is 13.9. The summed E-state index contributed by atoms with van der Waals surface area (Å²) in [5.41, 5.74) is 0.970. The lowest BCUT2D eigenvalue weighted by Crippen LogP contribution is -2.33. The molecule has 1 saturated carbocycles. The molecule has 2 heterocycles. The van der Waals surface area contributed by atoms with Crippen molar-refractivity contribution in [3.63, 3.8) is 0 Å². The van der Waals surface area contributed by atoms with Gasteiger partial charge in [-0.3, -0.25) is 4.79 Å². The molecule has 26 heavy (non-hydrogen) atoms. The zero-order chi connectivity index (χ0) is 18.1. The van der Waals surface area contributed by atoms with Gasteiger partial charge in [-0.1, -0.05) is 35.3 Å². The summed E-state index contributed by atoms with van der Waals surface area (Å²) in [7, 11) is 0. The maximum Gasteiger partial charge on any atom is 0.264 e. The Morgan fingerprint density at radius 2 is 2.15 bits per heavy atom. The fourth-order valence-corrected chi connectivity index (χ4v) is 4.06. The number of amides is 1. The van der Waals surface area contributed by atoms with E-state index in [4.69, 9.17) is 23.2 Å². The Hall–Kier alpha value is -1.82. The van der Waals surface area contributed by atoms with E-state index in [0.717, 1.165) is 29.1 Å². The molecule has 0 radical (unpaired) electrons. The van der Waals surface area contributed by atoms with Crippen LogP contribution < -0.4 is 0 Å². The van der Waals surface area contributed by atoms with Crippen molar-refractivity contribution in [3.8, 4) is 0 Å². The Morgan fingerprint density at radius 1 is 1.31 bits per heavy atom. The van der Waals surface area contributed by atoms with E-state index in [2.05, 4.69) is 4.98 Å². The molecule has 0 spiro atoms.